The molecule has 1 N–H and O–H groups in total. The summed E-state index contributed by atoms with van der Waals surface area (Å²) < 4.78 is 111. The number of amides is 1. The molecule has 0 radical (unpaired) electrons. The maximum atomic E-state index is 12.6. The smallest absolute Gasteiger partial charge is 0.325 e. The summed E-state index contributed by atoms with van der Waals surface area (Å²) in [7, 11) is -8.46. The number of hydrogen-bond acceptors (Lipinski definition) is 7. The molecule has 1 atom stereocenters. The number of nitro groups is 1. The molecule has 0 spiro atoms. The summed E-state index contributed by atoms with van der Waals surface area (Å²) in [5, 5.41) is 13.2. The molecule has 0 aliphatic heterocycles. The fourth-order valence-corrected chi connectivity index (χ4v) is 4.95. The summed E-state index contributed by atoms with van der Waals surface area (Å²) in [6.45, 7) is 0. The highest BCUT2D eigenvalue weighted by Crippen LogP contribution is 2.37. The monoisotopic (exact) mass is 536 g/mol. The minimum absolute atomic E-state index is 0.173. The average molecular weight is 536 g/mol. The lowest BCUT2D eigenvalue weighted by atomic mass is 10.3. The Morgan fingerprint density at radius 3 is 2.27 bits per heavy atom. The number of nitro benzene ring substituents is 1. The van der Waals surface area contributed by atoms with Gasteiger partial charge in [0.05, 0.1) is 9.82 Å². The molecule has 0 aliphatic carbocycles. The van der Waals surface area contributed by atoms with Gasteiger partial charge in [-0.15, -0.1) is 0 Å². The molecule has 2 rings (SSSR count). The Labute approximate surface area is 187 Å². The second-order valence-corrected chi connectivity index (χ2v) is 10.6. The highest BCUT2D eigenvalue weighted by molar-refractivity contribution is 8.00. The number of anilines is 1. The normalized spacial score (nSPS) is 13.4. The first-order valence-electron chi connectivity index (χ1n) is 8.15. The largest absolute Gasteiger partial charge is 0.475 e. The molecule has 8 nitrogen and oxygen atoms in total. The van der Waals surface area contributed by atoms with Gasteiger partial charge in [-0.25, -0.2) is 12.6 Å². The van der Waals surface area contributed by atoms with Crippen LogP contribution in [0.25, 0.3) is 0 Å². The standard InChI is InChI=1S/C16H10F6N2O6S3/c17-15(18,19)31-10-3-1-2-9(6-10)23-14(25)8-33(29,30)13-5-4-11(7-12(13)24(26)27)32(28)16(20,21)22/h1-7H,8H2,(H,23,25). The van der Waals surface area contributed by atoms with Gasteiger partial charge >= 0.3 is 11.0 Å². The van der Waals surface area contributed by atoms with Crippen LogP contribution in [-0.2, 0) is 25.4 Å². The summed E-state index contributed by atoms with van der Waals surface area (Å²) in [4.78, 5) is 19.5. The average Bonchev–Trinajstić information content (AvgIpc) is 2.64. The first-order valence-corrected chi connectivity index (χ1v) is 11.8. The Morgan fingerprint density at radius 2 is 1.73 bits per heavy atom. The molecule has 0 saturated carbocycles. The van der Waals surface area contributed by atoms with Crippen molar-refractivity contribution in [2.75, 3.05) is 11.1 Å². The van der Waals surface area contributed by atoms with E-state index in [9.17, 15) is 53.9 Å². The lowest BCUT2D eigenvalue weighted by Gasteiger charge is -2.10. The number of hydrogen-bond donors (Lipinski definition) is 1. The summed E-state index contributed by atoms with van der Waals surface area (Å²) in [6.07, 6.45) is 0. The zero-order chi connectivity index (χ0) is 25.2. The van der Waals surface area contributed by atoms with Crippen LogP contribution in [0, 0.1) is 10.1 Å². The minimum atomic E-state index is -5.26. The third-order valence-electron chi connectivity index (χ3n) is 3.56. The van der Waals surface area contributed by atoms with E-state index in [4.69, 9.17) is 0 Å². The maximum Gasteiger partial charge on any atom is 0.475 e. The van der Waals surface area contributed by atoms with Crippen LogP contribution >= 0.6 is 11.8 Å². The van der Waals surface area contributed by atoms with Crippen LogP contribution in [0.1, 0.15) is 0 Å². The maximum absolute atomic E-state index is 12.6. The molecule has 1 amide bonds. The van der Waals surface area contributed by atoms with Crippen LogP contribution in [0.3, 0.4) is 0 Å². The number of nitrogens with zero attached hydrogens (tertiary/aromatic N) is 1. The zero-order valence-corrected chi connectivity index (χ0v) is 18.1. The van der Waals surface area contributed by atoms with Gasteiger partial charge in [-0.1, -0.05) is 6.07 Å². The van der Waals surface area contributed by atoms with Gasteiger partial charge in [-0.2, -0.15) is 26.3 Å². The molecule has 0 bridgehead atoms. The molecule has 0 fully saturated rings. The molecular formula is C16H10F6N2O6S3. The number of sulfone groups is 1. The fourth-order valence-electron chi connectivity index (χ4n) is 2.37. The van der Waals surface area contributed by atoms with E-state index in [-0.39, 0.29) is 16.6 Å². The molecule has 0 aliphatic rings. The van der Waals surface area contributed by atoms with Crippen molar-refractivity contribution in [2.45, 2.75) is 25.7 Å². The molecular weight excluding hydrogens is 526 g/mol. The minimum Gasteiger partial charge on any atom is -0.325 e. The van der Waals surface area contributed by atoms with Gasteiger partial charge in [0.2, 0.25) is 5.91 Å². The number of nitrogens with one attached hydrogen (secondary N) is 1. The molecule has 33 heavy (non-hydrogen) atoms. The predicted molar refractivity (Wildman–Crippen MR) is 105 cm³/mol. The van der Waals surface area contributed by atoms with Gasteiger partial charge < -0.3 is 5.32 Å². The van der Waals surface area contributed by atoms with Crippen molar-refractivity contribution in [3.63, 3.8) is 0 Å². The van der Waals surface area contributed by atoms with E-state index in [1.807, 2.05) is 5.32 Å². The molecule has 1 unspecified atom stereocenters. The Bertz CT molecular complexity index is 1210. The zero-order valence-electron chi connectivity index (χ0n) is 15.6. The molecule has 2 aromatic rings. The molecule has 180 valence electrons. The Hall–Kier alpha value is -2.66. The van der Waals surface area contributed by atoms with E-state index in [0.717, 1.165) is 24.3 Å². The van der Waals surface area contributed by atoms with Crippen molar-refractivity contribution in [1.82, 2.24) is 0 Å². The molecule has 0 aromatic heterocycles. The molecule has 17 heteroatoms. The molecule has 0 saturated heterocycles. The lowest BCUT2D eigenvalue weighted by Crippen LogP contribution is -2.24. The van der Waals surface area contributed by atoms with E-state index >= 15 is 0 Å². The van der Waals surface area contributed by atoms with Gasteiger partial charge in [0.15, 0.2) is 20.6 Å². The van der Waals surface area contributed by atoms with Crippen molar-refractivity contribution in [3.05, 3.63) is 52.6 Å². The van der Waals surface area contributed by atoms with Crippen molar-refractivity contribution in [2.24, 2.45) is 0 Å². The first kappa shape index (κ1) is 26.6. The Kier molecular flexibility index (Phi) is 7.80. The van der Waals surface area contributed by atoms with Gasteiger partial charge in [-0.3, -0.25) is 14.9 Å². The van der Waals surface area contributed by atoms with Gasteiger partial charge in [0.25, 0.3) is 5.69 Å². The van der Waals surface area contributed by atoms with E-state index in [1.54, 1.807) is 0 Å². The van der Waals surface area contributed by atoms with E-state index in [0.29, 0.717) is 12.1 Å². The SMILES string of the molecule is O=C(CS(=O)(=O)c1ccc(S(=O)C(F)(F)F)cc1[N+](=O)[O-])Nc1cccc(SC(F)(F)F)c1. The van der Waals surface area contributed by atoms with Crippen LogP contribution in [0.5, 0.6) is 0 Å². The van der Waals surface area contributed by atoms with Gasteiger partial charge in [-0.05, 0) is 42.1 Å². The summed E-state index contributed by atoms with van der Waals surface area (Å²) in [5.74, 6) is -2.69. The topological polar surface area (TPSA) is 123 Å². The predicted octanol–water partition coefficient (Wildman–Crippen LogP) is 4.25. The number of thioether (sulfide) groups is 1. The van der Waals surface area contributed by atoms with Crippen LogP contribution in [0.15, 0.2) is 57.2 Å². The second kappa shape index (κ2) is 9.68. The van der Waals surface area contributed by atoms with Crippen LogP contribution in [0.4, 0.5) is 37.7 Å². The fraction of sp³-hybridized carbons (Fsp3) is 0.188. The van der Waals surface area contributed by atoms with Crippen LogP contribution < -0.4 is 5.32 Å². The first-order chi connectivity index (χ1) is 15.0. The summed E-state index contributed by atoms with van der Waals surface area (Å²) in [6, 6.07) is 5.36. The van der Waals surface area contributed by atoms with Crippen LogP contribution in [0.2, 0.25) is 0 Å². The summed E-state index contributed by atoms with van der Waals surface area (Å²) >= 11 is -0.487. The Morgan fingerprint density at radius 1 is 1.09 bits per heavy atom. The number of benzene rings is 2. The van der Waals surface area contributed by atoms with Gasteiger partial charge in [0.1, 0.15) is 10.6 Å². The van der Waals surface area contributed by atoms with Crippen molar-refractivity contribution >= 4 is 49.7 Å². The number of carbonyl (C=O) groups is 1. The van der Waals surface area contributed by atoms with E-state index in [2.05, 4.69) is 0 Å². The molecule has 2 aromatic carbocycles. The van der Waals surface area contributed by atoms with Crippen molar-refractivity contribution in [3.8, 4) is 0 Å². The van der Waals surface area contributed by atoms with Crippen molar-refractivity contribution in [1.29, 1.82) is 0 Å². The summed E-state index contributed by atoms with van der Waals surface area (Å²) in [5.41, 5.74) is -11.4. The number of carbonyl (C=O) groups excluding carboxylic acids is 1. The third kappa shape index (κ3) is 7.43. The van der Waals surface area contributed by atoms with E-state index in [1.165, 1.54) is 0 Å². The highest BCUT2D eigenvalue weighted by Gasteiger charge is 2.39. The van der Waals surface area contributed by atoms with Crippen molar-refractivity contribution < 1.29 is 48.7 Å². The van der Waals surface area contributed by atoms with E-state index < -0.39 is 75.5 Å². The quantitative estimate of drug-likeness (QED) is 0.243. The third-order valence-corrected chi connectivity index (χ3v) is 7.04. The highest BCUT2D eigenvalue weighted by atomic mass is 32.2. The molecule has 0 heterocycles. The number of rotatable bonds is 7. The van der Waals surface area contributed by atoms with Gasteiger partial charge in [0, 0.05) is 16.6 Å². The lowest BCUT2D eigenvalue weighted by molar-refractivity contribution is -0.388. The number of halogens is 6. The number of alkyl halides is 6. The van der Waals surface area contributed by atoms with Crippen LogP contribution in [-0.4, -0.2) is 40.2 Å². The second-order valence-electron chi connectivity index (χ2n) is 5.98. The Balaban J connectivity index is 2.28.